The van der Waals surface area contributed by atoms with Gasteiger partial charge in [0.25, 0.3) is 0 Å². The van der Waals surface area contributed by atoms with Gasteiger partial charge in [-0.05, 0) is 0 Å². The molecule has 0 spiro atoms. The molecule has 0 aromatic heterocycles. The van der Waals surface area contributed by atoms with Crippen molar-refractivity contribution >= 4 is 74.1 Å². The zero-order valence-corrected chi connectivity index (χ0v) is 11.0. The average molecular weight is 260 g/mol. The van der Waals surface area contributed by atoms with E-state index in [1.54, 1.807) is 0 Å². The van der Waals surface area contributed by atoms with Crippen molar-refractivity contribution < 1.29 is 0 Å². The van der Waals surface area contributed by atoms with Crippen LogP contribution in [0.4, 0.5) is 0 Å². The molecular formula is C4H10BaS2. The van der Waals surface area contributed by atoms with Crippen LogP contribution in [0.1, 0.15) is 13.8 Å². The molecule has 7 heavy (non-hydrogen) atoms. The Balaban J connectivity index is -0.0000000400. The minimum Gasteiger partial charge on any atom is -0.793 e. The maximum Gasteiger partial charge on any atom is 2.00 e. The van der Waals surface area contributed by atoms with Crippen molar-refractivity contribution in [1.29, 1.82) is 0 Å². The van der Waals surface area contributed by atoms with E-state index in [2.05, 4.69) is 25.3 Å². The third kappa shape index (κ3) is 63.1. The molecule has 0 saturated carbocycles. The molecule has 0 aliphatic carbocycles. The standard InChI is InChI=1S/2C2H6S.Ba/c2*1-2-3;/h2*3H,2H2,1H3;/q;;+2/p-2. The van der Waals surface area contributed by atoms with Crippen LogP contribution in [0.2, 0.25) is 0 Å². The Kier molecular flexibility index (Phi) is 55.2. The van der Waals surface area contributed by atoms with Crippen LogP contribution in [0.25, 0.3) is 0 Å². The van der Waals surface area contributed by atoms with Gasteiger partial charge in [-0.1, -0.05) is 13.8 Å². The van der Waals surface area contributed by atoms with Crippen molar-refractivity contribution in [3.8, 4) is 0 Å². The Labute approximate surface area is 97.7 Å². The average Bonchev–Trinajstić information content (AvgIpc) is 1.39. The largest absolute Gasteiger partial charge is 2.00 e. The summed E-state index contributed by atoms with van der Waals surface area (Å²) in [5.41, 5.74) is 0. The number of hydrogen-bond donors (Lipinski definition) is 0. The summed E-state index contributed by atoms with van der Waals surface area (Å²) < 4.78 is 0. The Bertz CT molecular complexity index is 11.7. The molecule has 0 aliphatic heterocycles. The maximum absolute atomic E-state index is 4.39. The van der Waals surface area contributed by atoms with Gasteiger partial charge in [-0.3, -0.25) is 0 Å². The van der Waals surface area contributed by atoms with E-state index in [4.69, 9.17) is 0 Å². The van der Waals surface area contributed by atoms with Gasteiger partial charge in [-0.15, -0.1) is 0 Å². The van der Waals surface area contributed by atoms with Gasteiger partial charge in [0.15, 0.2) is 0 Å². The summed E-state index contributed by atoms with van der Waals surface area (Å²) in [6.45, 7) is 3.88. The summed E-state index contributed by atoms with van der Waals surface area (Å²) in [6, 6.07) is 0. The summed E-state index contributed by atoms with van der Waals surface area (Å²) in [4.78, 5) is 0. The van der Waals surface area contributed by atoms with Crippen molar-refractivity contribution in [3.05, 3.63) is 0 Å². The van der Waals surface area contributed by atoms with E-state index in [-0.39, 0.29) is 48.9 Å². The molecule has 3 heteroatoms. The smallest absolute Gasteiger partial charge is 0.793 e. The monoisotopic (exact) mass is 260 g/mol. The molecule has 0 aromatic rings. The Morgan fingerprint density at radius 1 is 1.00 bits per heavy atom. The first-order valence-electron chi connectivity index (χ1n) is 1.99. The van der Waals surface area contributed by atoms with E-state index < -0.39 is 0 Å². The van der Waals surface area contributed by atoms with E-state index in [9.17, 15) is 0 Å². The third-order valence-corrected chi connectivity index (χ3v) is 0. The predicted molar refractivity (Wildman–Crippen MR) is 41.6 cm³/mol. The van der Waals surface area contributed by atoms with Gasteiger partial charge in [-0.2, -0.15) is 11.5 Å². The second-order valence-electron chi connectivity index (χ2n) is 0.577. The van der Waals surface area contributed by atoms with E-state index in [1.165, 1.54) is 0 Å². The van der Waals surface area contributed by atoms with Gasteiger partial charge in [0.1, 0.15) is 0 Å². The van der Waals surface area contributed by atoms with Gasteiger partial charge in [-0.25, -0.2) is 0 Å². The molecule has 0 heterocycles. The number of rotatable bonds is 0. The van der Waals surface area contributed by atoms with Crippen molar-refractivity contribution in [2.45, 2.75) is 13.8 Å². The van der Waals surface area contributed by atoms with Crippen molar-refractivity contribution in [1.82, 2.24) is 0 Å². The predicted octanol–water partition coefficient (Wildman–Crippen LogP) is 0.726. The van der Waals surface area contributed by atoms with Gasteiger partial charge in [0.05, 0.1) is 0 Å². The molecule has 40 valence electrons. The minimum atomic E-state index is 0. The zero-order valence-electron chi connectivity index (χ0n) is 4.94. The SMILES string of the molecule is CC[S-].CC[S-].[Ba+2]. The van der Waals surface area contributed by atoms with Crippen LogP contribution < -0.4 is 0 Å². The fourth-order valence-electron chi connectivity index (χ4n) is 0. The summed E-state index contributed by atoms with van der Waals surface area (Å²) in [7, 11) is 0. The Morgan fingerprint density at radius 3 is 1.00 bits per heavy atom. The molecule has 0 rings (SSSR count). The van der Waals surface area contributed by atoms with Crippen LogP contribution in [-0.4, -0.2) is 60.4 Å². The molecule has 0 radical (unpaired) electrons. The molecule has 0 saturated heterocycles. The first kappa shape index (κ1) is 16.1. The molecular weight excluding hydrogens is 250 g/mol. The van der Waals surface area contributed by atoms with Crippen LogP contribution in [0.3, 0.4) is 0 Å². The number of hydrogen-bond acceptors (Lipinski definition) is 2. The summed E-state index contributed by atoms with van der Waals surface area (Å²) in [6.07, 6.45) is 0. The van der Waals surface area contributed by atoms with Crippen molar-refractivity contribution in [2.24, 2.45) is 0 Å². The molecule has 0 aromatic carbocycles. The van der Waals surface area contributed by atoms with E-state index in [0.717, 1.165) is 11.5 Å². The maximum atomic E-state index is 4.39. The molecule has 0 unspecified atom stereocenters. The van der Waals surface area contributed by atoms with Gasteiger partial charge in [0.2, 0.25) is 0 Å². The minimum absolute atomic E-state index is 0. The van der Waals surface area contributed by atoms with Crippen LogP contribution in [0.15, 0.2) is 0 Å². The summed E-state index contributed by atoms with van der Waals surface area (Å²) >= 11 is 8.79. The van der Waals surface area contributed by atoms with Crippen LogP contribution in [-0.2, 0) is 25.3 Å². The third-order valence-electron chi connectivity index (χ3n) is 0. The Morgan fingerprint density at radius 2 is 1.00 bits per heavy atom. The Hall–Kier alpha value is 2.27. The summed E-state index contributed by atoms with van der Waals surface area (Å²) in [5, 5.41) is 0. The topological polar surface area (TPSA) is 0 Å². The van der Waals surface area contributed by atoms with Crippen molar-refractivity contribution in [3.63, 3.8) is 0 Å². The fraction of sp³-hybridized carbons (Fsp3) is 1.00. The molecule has 0 atom stereocenters. The van der Waals surface area contributed by atoms with E-state index >= 15 is 0 Å². The molecule has 0 aliphatic rings. The molecule has 0 amide bonds. The van der Waals surface area contributed by atoms with Gasteiger partial charge < -0.3 is 25.3 Å². The van der Waals surface area contributed by atoms with Crippen molar-refractivity contribution in [2.75, 3.05) is 11.5 Å². The molecule has 0 nitrogen and oxygen atoms in total. The molecule has 0 N–H and O–H groups in total. The van der Waals surface area contributed by atoms with Gasteiger partial charge >= 0.3 is 48.9 Å². The second-order valence-corrected chi connectivity index (χ2v) is 1.73. The molecule has 0 fully saturated rings. The van der Waals surface area contributed by atoms with Crippen LogP contribution in [0, 0.1) is 0 Å². The molecule has 0 bridgehead atoms. The normalized spacial score (nSPS) is 5.14. The van der Waals surface area contributed by atoms with Gasteiger partial charge in [0, 0.05) is 0 Å². The zero-order chi connectivity index (χ0) is 5.41. The first-order valence-corrected chi connectivity index (χ1v) is 3.15. The quantitative estimate of drug-likeness (QED) is 0.465. The van der Waals surface area contributed by atoms with Crippen LogP contribution in [0.5, 0.6) is 0 Å². The van der Waals surface area contributed by atoms with E-state index in [0.29, 0.717) is 0 Å². The summed E-state index contributed by atoms with van der Waals surface area (Å²) in [5.74, 6) is 1.67. The second kappa shape index (κ2) is 24.0. The van der Waals surface area contributed by atoms with Crippen LogP contribution >= 0.6 is 0 Å². The first-order chi connectivity index (χ1) is 2.83. The van der Waals surface area contributed by atoms with E-state index in [1.807, 2.05) is 13.8 Å². The fourth-order valence-corrected chi connectivity index (χ4v) is 0.